The van der Waals surface area contributed by atoms with Crippen molar-refractivity contribution >= 4 is 16.8 Å². The number of aryl methyl sites for hydroxylation is 1. The van der Waals surface area contributed by atoms with Crippen LogP contribution in [0.4, 0.5) is 0 Å². The molecule has 5 heteroatoms. The van der Waals surface area contributed by atoms with Crippen LogP contribution in [0.1, 0.15) is 23.3 Å². The summed E-state index contributed by atoms with van der Waals surface area (Å²) in [6, 6.07) is 8.84. The summed E-state index contributed by atoms with van der Waals surface area (Å²) in [5, 5.41) is 5.52. The van der Waals surface area contributed by atoms with E-state index in [-0.39, 0.29) is 5.91 Å². The average Bonchev–Trinajstić information content (AvgIpc) is 2.94. The van der Waals surface area contributed by atoms with E-state index in [1.807, 2.05) is 36.0 Å². The Morgan fingerprint density at radius 3 is 3.05 bits per heavy atom. The molecule has 22 heavy (non-hydrogen) atoms. The van der Waals surface area contributed by atoms with Gasteiger partial charge in [0.05, 0.1) is 5.52 Å². The van der Waals surface area contributed by atoms with Crippen LogP contribution in [0.15, 0.2) is 24.3 Å². The molecule has 0 saturated carbocycles. The molecular weight excluding hydrogens is 276 g/mol. The Hall–Kier alpha value is -1.88. The summed E-state index contributed by atoms with van der Waals surface area (Å²) in [5.74, 6) is 0.810. The van der Waals surface area contributed by atoms with Gasteiger partial charge in [-0.3, -0.25) is 9.48 Å². The molecule has 4 unspecified atom stereocenters. The van der Waals surface area contributed by atoms with Crippen molar-refractivity contribution in [3.05, 3.63) is 30.0 Å². The maximum absolute atomic E-state index is 13.2. The van der Waals surface area contributed by atoms with Crippen molar-refractivity contribution in [1.29, 1.82) is 0 Å². The molecular formula is C17H20N4O. The molecule has 4 heterocycles. The highest BCUT2D eigenvalue weighted by Gasteiger charge is 2.50. The van der Waals surface area contributed by atoms with E-state index in [4.69, 9.17) is 0 Å². The Morgan fingerprint density at radius 2 is 2.14 bits per heavy atom. The van der Waals surface area contributed by atoms with Gasteiger partial charge in [-0.05, 0) is 24.8 Å². The second-order valence-corrected chi connectivity index (χ2v) is 6.97. The normalized spacial score (nSPS) is 32.9. The van der Waals surface area contributed by atoms with Gasteiger partial charge in [0.25, 0.3) is 5.91 Å². The second-order valence-electron chi connectivity index (χ2n) is 6.97. The Bertz CT molecular complexity index is 767. The fourth-order valence-electron chi connectivity index (χ4n) is 4.86. The molecule has 0 spiro atoms. The number of carbonyl (C=O) groups excluding carboxylic acids is 1. The summed E-state index contributed by atoms with van der Waals surface area (Å²) < 4.78 is 1.83. The molecule has 2 aromatic rings. The zero-order valence-electron chi connectivity index (χ0n) is 12.8. The van der Waals surface area contributed by atoms with E-state index in [9.17, 15) is 4.79 Å². The summed E-state index contributed by atoms with van der Waals surface area (Å²) >= 11 is 0. The van der Waals surface area contributed by atoms with E-state index in [0.29, 0.717) is 23.7 Å². The lowest BCUT2D eigenvalue weighted by atomic mass is 9.89. The van der Waals surface area contributed by atoms with E-state index in [2.05, 4.69) is 14.9 Å². The number of aromatic nitrogens is 2. The van der Waals surface area contributed by atoms with Gasteiger partial charge in [-0.15, -0.1) is 0 Å². The number of carbonyl (C=O) groups is 1. The maximum Gasteiger partial charge on any atom is 0.275 e. The third-order valence-electron chi connectivity index (χ3n) is 5.77. The van der Waals surface area contributed by atoms with Gasteiger partial charge in [-0.1, -0.05) is 18.2 Å². The van der Waals surface area contributed by atoms with E-state index in [0.717, 1.165) is 30.4 Å². The summed E-state index contributed by atoms with van der Waals surface area (Å²) in [6.07, 6.45) is 2.30. The lowest BCUT2D eigenvalue weighted by molar-refractivity contribution is 0.0667. The number of nitrogens with zero attached hydrogens (tertiary/aromatic N) is 4. The molecule has 3 saturated heterocycles. The van der Waals surface area contributed by atoms with Crippen LogP contribution >= 0.6 is 0 Å². The summed E-state index contributed by atoms with van der Waals surface area (Å²) in [7, 11) is 1.92. The first-order valence-electron chi connectivity index (χ1n) is 8.19. The number of piperidine rings is 2. The highest BCUT2D eigenvalue weighted by Crippen LogP contribution is 2.41. The number of fused-ring (bicyclic) bond motifs is 3. The van der Waals surface area contributed by atoms with Gasteiger partial charge < -0.3 is 9.80 Å². The molecule has 4 atom stereocenters. The SMILES string of the molecule is Cn1nc(C(=O)N2C3CC4CN(CCC42)C3)c2ccccc21. The molecule has 0 aliphatic carbocycles. The minimum Gasteiger partial charge on any atom is -0.330 e. The van der Waals surface area contributed by atoms with Crippen molar-refractivity contribution in [2.45, 2.75) is 24.9 Å². The molecule has 0 N–H and O–H groups in total. The Morgan fingerprint density at radius 1 is 1.27 bits per heavy atom. The van der Waals surface area contributed by atoms with E-state index in [1.165, 1.54) is 13.0 Å². The molecule has 5 nitrogen and oxygen atoms in total. The minimum absolute atomic E-state index is 0.137. The maximum atomic E-state index is 13.2. The third-order valence-corrected chi connectivity index (χ3v) is 5.77. The van der Waals surface area contributed by atoms with Crippen molar-refractivity contribution in [3.63, 3.8) is 0 Å². The average molecular weight is 296 g/mol. The number of para-hydroxylation sites is 1. The molecule has 0 radical (unpaired) electrons. The van der Waals surface area contributed by atoms with Crippen molar-refractivity contribution in [1.82, 2.24) is 19.6 Å². The summed E-state index contributed by atoms with van der Waals surface area (Å²) in [6.45, 7) is 3.36. The quantitative estimate of drug-likeness (QED) is 0.800. The fourth-order valence-corrected chi connectivity index (χ4v) is 4.86. The molecule has 3 aliphatic rings. The molecule has 3 aliphatic heterocycles. The predicted octanol–water partition coefficient (Wildman–Crippen LogP) is 1.49. The number of hydrogen-bond acceptors (Lipinski definition) is 3. The molecule has 3 fully saturated rings. The first kappa shape index (κ1) is 12.6. The van der Waals surface area contributed by atoms with E-state index < -0.39 is 0 Å². The number of hydrogen-bond donors (Lipinski definition) is 0. The Labute approximate surface area is 129 Å². The van der Waals surface area contributed by atoms with Crippen LogP contribution in [-0.2, 0) is 7.05 Å². The Balaban J connectivity index is 1.59. The van der Waals surface area contributed by atoms with Gasteiger partial charge in [0.1, 0.15) is 0 Å². The van der Waals surface area contributed by atoms with Gasteiger partial charge >= 0.3 is 0 Å². The fraction of sp³-hybridized carbons (Fsp3) is 0.529. The molecule has 114 valence electrons. The van der Waals surface area contributed by atoms with Crippen LogP contribution in [0.3, 0.4) is 0 Å². The minimum atomic E-state index is 0.137. The number of rotatable bonds is 1. The van der Waals surface area contributed by atoms with Gasteiger partial charge in [-0.2, -0.15) is 5.10 Å². The monoisotopic (exact) mass is 296 g/mol. The first-order valence-corrected chi connectivity index (χ1v) is 8.19. The summed E-state index contributed by atoms with van der Waals surface area (Å²) in [4.78, 5) is 17.9. The smallest absolute Gasteiger partial charge is 0.275 e. The number of likely N-dealkylation sites (tertiary alicyclic amines) is 1. The van der Waals surface area contributed by atoms with Crippen LogP contribution < -0.4 is 0 Å². The lowest BCUT2D eigenvalue weighted by Crippen LogP contribution is -2.44. The van der Waals surface area contributed by atoms with Gasteiger partial charge in [0.15, 0.2) is 5.69 Å². The van der Waals surface area contributed by atoms with Crippen molar-refractivity contribution in [2.75, 3.05) is 19.6 Å². The topological polar surface area (TPSA) is 41.4 Å². The third kappa shape index (κ3) is 1.57. The van der Waals surface area contributed by atoms with Gasteiger partial charge in [0, 0.05) is 44.2 Å². The van der Waals surface area contributed by atoms with Gasteiger partial charge in [-0.25, -0.2) is 0 Å². The first-order chi connectivity index (χ1) is 10.7. The van der Waals surface area contributed by atoms with Crippen LogP contribution in [0, 0.1) is 5.92 Å². The zero-order chi connectivity index (χ0) is 14.8. The number of benzene rings is 1. The summed E-state index contributed by atoms with van der Waals surface area (Å²) in [5.41, 5.74) is 1.66. The van der Waals surface area contributed by atoms with Crippen molar-refractivity contribution in [3.8, 4) is 0 Å². The molecule has 1 amide bonds. The van der Waals surface area contributed by atoms with E-state index in [1.54, 1.807) is 0 Å². The van der Waals surface area contributed by atoms with Crippen LogP contribution in [0.25, 0.3) is 10.9 Å². The lowest BCUT2D eigenvalue weighted by Gasteiger charge is -2.35. The molecule has 5 rings (SSSR count). The number of amides is 1. The molecule has 3 bridgehead atoms. The van der Waals surface area contributed by atoms with Crippen LogP contribution in [-0.4, -0.2) is 57.2 Å². The molecule has 1 aromatic carbocycles. The zero-order valence-corrected chi connectivity index (χ0v) is 12.8. The second kappa shape index (κ2) is 4.32. The van der Waals surface area contributed by atoms with Crippen LogP contribution in [0.2, 0.25) is 0 Å². The Kier molecular flexibility index (Phi) is 2.48. The van der Waals surface area contributed by atoms with Crippen molar-refractivity contribution < 1.29 is 4.79 Å². The van der Waals surface area contributed by atoms with Crippen LogP contribution in [0.5, 0.6) is 0 Å². The van der Waals surface area contributed by atoms with Crippen molar-refractivity contribution in [2.24, 2.45) is 13.0 Å². The largest absolute Gasteiger partial charge is 0.330 e. The van der Waals surface area contributed by atoms with Gasteiger partial charge in [0.2, 0.25) is 0 Å². The highest BCUT2D eigenvalue weighted by atomic mass is 16.2. The van der Waals surface area contributed by atoms with E-state index >= 15 is 0 Å². The highest BCUT2D eigenvalue weighted by molar-refractivity contribution is 6.05. The standard InChI is InChI=1S/C17H20N4O/c1-19-15-5-3-2-4-13(15)16(18-19)17(22)21-12-8-11-9-20(10-12)7-6-14(11)21/h2-5,11-12,14H,6-10H2,1H3. The predicted molar refractivity (Wildman–Crippen MR) is 83.6 cm³/mol. The molecule has 1 aromatic heterocycles.